The Morgan fingerprint density at radius 2 is 1.68 bits per heavy atom. The summed E-state index contributed by atoms with van der Waals surface area (Å²) in [5.41, 5.74) is 1.47. The molecule has 2 aromatic rings. The molecule has 2 aromatic carbocycles. The summed E-state index contributed by atoms with van der Waals surface area (Å²) in [5.74, 6) is 0. The number of likely N-dealkylation sites (tertiary alicyclic amines) is 1. The largest absolute Gasteiger partial charge is 0.444 e. The van der Waals surface area contributed by atoms with Gasteiger partial charge in [-0.3, -0.25) is 0 Å². The van der Waals surface area contributed by atoms with E-state index in [2.05, 4.69) is 11.0 Å². The van der Waals surface area contributed by atoms with Gasteiger partial charge in [0.05, 0.1) is 5.56 Å². The topological polar surface area (TPSA) is 32.8 Å². The molecule has 166 valence electrons. The SMILES string of the molecule is CC(C)(C)OC(=O)N1CCC2(Cc3ccccc3N(c3ccc(C(F)(F)F)cc3)C2)C1. The Kier molecular flexibility index (Phi) is 5.18. The van der Waals surface area contributed by atoms with Gasteiger partial charge in [-0.05, 0) is 69.5 Å². The molecule has 1 amide bonds. The van der Waals surface area contributed by atoms with Gasteiger partial charge in [-0.15, -0.1) is 0 Å². The second-order valence-corrected chi connectivity index (χ2v) is 9.59. The van der Waals surface area contributed by atoms with E-state index in [1.807, 2.05) is 39.0 Å². The predicted octanol–water partition coefficient (Wildman–Crippen LogP) is 6.03. The number of fused-ring (bicyclic) bond motifs is 1. The first-order valence-corrected chi connectivity index (χ1v) is 10.5. The van der Waals surface area contributed by atoms with E-state index < -0.39 is 17.3 Å². The second kappa shape index (κ2) is 7.46. The maximum atomic E-state index is 13.0. The number of alkyl halides is 3. The lowest BCUT2D eigenvalue weighted by Crippen LogP contribution is -2.44. The average molecular weight is 432 g/mol. The molecular weight excluding hydrogens is 405 g/mol. The summed E-state index contributed by atoms with van der Waals surface area (Å²) >= 11 is 0. The van der Waals surface area contributed by atoms with Crippen LogP contribution in [0.1, 0.15) is 38.3 Å². The molecule has 0 bridgehead atoms. The second-order valence-electron chi connectivity index (χ2n) is 9.59. The van der Waals surface area contributed by atoms with Gasteiger partial charge in [0.15, 0.2) is 0 Å². The Morgan fingerprint density at radius 3 is 2.32 bits per heavy atom. The number of carbonyl (C=O) groups excluding carboxylic acids is 1. The number of amides is 1. The van der Waals surface area contributed by atoms with Crippen molar-refractivity contribution in [3.63, 3.8) is 0 Å². The lowest BCUT2D eigenvalue weighted by molar-refractivity contribution is -0.137. The van der Waals surface area contributed by atoms with Crippen molar-refractivity contribution in [3.05, 3.63) is 59.7 Å². The van der Waals surface area contributed by atoms with Gasteiger partial charge < -0.3 is 14.5 Å². The third-order valence-corrected chi connectivity index (χ3v) is 5.94. The smallest absolute Gasteiger partial charge is 0.416 e. The minimum Gasteiger partial charge on any atom is -0.444 e. The van der Waals surface area contributed by atoms with E-state index in [-0.39, 0.29) is 11.5 Å². The van der Waals surface area contributed by atoms with Crippen molar-refractivity contribution in [2.75, 3.05) is 24.5 Å². The third-order valence-electron chi connectivity index (χ3n) is 5.94. The maximum Gasteiger partial charge on any atom is 0.416 e. The van der Waals surface area contributed by atoms with Crippen LogP contribution in [-0.4, -0.2) is 36.2 Å². The molecule has 1 unspecified atom stereocenters. The van der Waals surface area contributed by atoms with Crippen molar-refractivity contribution in [2.24, 2.45) is 5.41 Å². The molecule has 2 heterocycles. The van der Waals surface area contributed by atoms with Crippen molar-refractivity contribution in [3.8, 4) is 0 Å². The van der Waals surface area contributed by atoms with Crippen molar-refractivity contribution < 1.29 is 22.7 Å². The molecule has 0 aliphatic carbocycles. The predicted molar refractivity (Wildman–Crippen MR) is 113 cm³/mol. The zero-order valence-corrected chi connectivity index (χ0v) is 18.0. The van der Waals surface area contributed by atoms with E-state index in [1.54, 1.807) is 4.90 Å². The number of hydrogen-bond donors (Lipinski definition) is 0. The number of nitrogens with zero attached hydrogens (tertiary/aromatic N) is 2. The fraction of sp³-hybridized carbons (Fsp3) is 0.458. The molecule has 4 rings (SSSR count). The van der Waals surface area contributed by atoms with Crippen molar-refractivity contribution in [1.29, 1.82) is 0 Å². The van der Waals surface area contributed by atoms with Crippen LogP contribution in [0.3, 0.4) is 0 Å². The van der Waals surface area contributed by atoms with E-state index in [0.717, 1.165) is 41.9 Å². The number of para-hydroxylation sites is 1. The molecule has 4 nitrogen and oxygen atoms in total. The van der Waals surface area contributed by atoms with Crippen LogP contribution in [0.15, 0.2) is 48.5 Å². The highest BCUT2D eigenvalue weighted by Gasteiger charge is 2.45. The van der Waals surface area contributed by atoms with Gasteiger partial charge in [-0.2, -0.15) is 13.2 Å². The molecular formula is C24H27F3N2O2. The number of halogens is 3. The molecule has 1 saturated heterocycles. The van der Waals surface area contributed by atoms with Gasteiger partial charge >= 0.3 is 12.3 Å². The molecule has 31 heavy (non-hydrogen) atoms. The van der Waals surface area contributed by atoms with Crippen molar-refractivity contribution in [1.82, 2.24) is 4.90 Å². The Morgan fingerprint density at radius 1 is 1.00 bits per heavy atom. The molecule has 2 aliphatic rings. The normalized spacial score (nSPS) is 21.4. The molecule has 0 saturated carbocycles. The number of anilines is 2. The van der Waals surface area contributed by atoms with Crippen molar-refractivity contribution in [2.45, 2.75) is 45.4 Å². The van der Waals surface area contributed by atoms with E-state index in [4.69, 9.17) is 4.74 Å². The van der Waals surface area contributed by atoms with Gasteiger partial charge in [-0.1, -0.05) is 18.2 Å². The van der Waals surface area contributed by atoms with Crippen LogP contribution < -0.4 is 4.90 Å². The number of carbonyl (C=O) groups is 1. The van der Waals surface area contributed by atoms with E-state index in [9.17, 15) is 18.0 Å². The molecule has 1 atom stereocenters. The van der Waals surface area contributed by atoms with Crippen LogP contribution in [0.25, 0.3) is 0 Å². The highest BCUT2D eigenvalue weighted by atomic mass is 19.4. The van der Waals surface area contributed by atoms with Gasteiger partial charge in [0.1, 0.15) is 5.60 Å². The van der Waals surface area contributed by atoms with E-state index >= 15 is 0 Å². The summed E-state index contributed by atoms with van der Waals surface area (Å²) in [5, 5.41) is 0. The molecule has 0 radical (unpaired) electrons. The molecule has 7 heteroatoms. The summed E-state index contributed by atoms with van der Waals surface area (Å²) in [6, 6.07) is 13.3. The number of rotatable bonds is 1. The van der Waals surface area contributed by atoms with Crippen LogP contribution in [0.5, 0.6) is 0 Å². The highest BCUT2D eigenvalue weighted by molar-refractivity contribution is 5.71. The fourth-order valence-corrected chi connectivity index (χ4v) is 4.56. The van der Waals surface area contributed by atoms with E-state index in [0.29, 0.717) is 19.6 Å². The van der Waals surface area contributed by atoms with Gasteiger partial charge in [0.2, 0.25) is 0 Å². The van der Waals surface area contributed by atoms with Crippen LogP contribution in [0.2, 0.25) is 0 Å². The fourth-order valence-electron chi connectivity index (χ4n) is 4.56. The monoisotopic (exact) mass is 432 g/mol. The van der Waals surface area contributed by atoms with Gasteiger partial charge in [0, 0.05) is 36.4 Å². The summed E-state index contributed by atoms with van der Waals surface area (Å²) in [6.07, 6.45) is -3.04. The Hall–Kier alpha value is -2.70. The first kappa shape index (κ1) is 21.5. The van der Waals surface area contributed by atoms with Crippen LogP contribution in [-0.2, 0) is 17.3 Å². The van der Waals surface area contributed by atoms with Crippen molar-refractivity contribution >= 4 is 17.5 Å². The Balaban J connectivity index is 1.62. The number of ether oxygens (including phenoxy) is 1. The molecule has 1 spiro atoms. The standard InChI is InChI=1S/C24H27F3N2O2/c1-22(2,3)31-21(30)28-13-12-23(15-28)14-17-6-4-5-7-20(17)29(16-23)19-10-8-18(9-11-19)24(25,26)27/h4-11H,12-16H2,1-3H3. The third kappa shape index (κ3) is 4.50. The zero-order valence-electron chi connectivity index (χ0n) is 18.0. The summed E-state index contributed by atoms with van der Waals surface area (Å²) in [4.78, 5) is 16.4. The highest BCUT2D eigenvalue weighted by Crippen LogP contribution is 2.45. The van der Waals surface area contributed by atoms with Crippen LogP contribution in [0, 0.1) is 5.41 Å². The quantitative estimate of drug-likeness (QED) is 0.552. The first-order chi connectivity index (χ1) is 14.5. The Bertz CT molecular complexity index is 966. The summed E-state index contributed by atoms with van der Waals surface area (Å²) < 4.78 is 44.6. The first-order valence-electron chi connectivity index (χ1n) is 10.5. The number of benzene rings is 2. The maximum absolute atomic E-state index is 13.0. The van der Waals surface area contributed by atoms with Gasteiger partial charge in [0.25, 0.3) is 0 Å². The molecule has 1 fully saturated rings. The zero-order chi connectivity index (χ0) is 22.4. The van der Waals surface area contributed by atoms with Gasteiger partial charge in [-0.25, -0.2) is 4.79 Å². The Labute approximate surface area is 180 Å². The molecule has 0 aromatic heterocycles. The number of hydrogen-bond acceptors (Lipinski definition) is 3. The lowest BCUT2D eigenvalue weighted by Gasteiger charge is -2.42. The lowest BCUT2D eigenvalue weighted by atomic mass is 9.76. The summed E-state index contributed by atoms with van der Waals surface area (Å²) in [6.45, 7) is 7.35. The summed E-state index contributed by atoms with van der Waals surface area (Å²) in [7, 11) is 0. The average Bonchev–Trinajstić information content (AvgIpc) is 3.09. The minimum atomic E-state index is -4.36. The minimum absolute atomic E-state index is 0.173. The van der Waals surface area contributed by atoms with E-state index in [1.165, 1.54) is 12.1 Å². The van der Waals surface area contributed by atoms with Crippen LogP contribution >= 0.6 is 0 Å². The molecule has 0 N–H and O–H groups in total. The molecule has 2 aliphatic heterocycles. The van der Waals surface area contributed by atoms with Crippen LogP contribution in [0.4, 0.5) is 29.3 Å².